The molecular weight excluding hydrogens is 457 g/mol. The van der Waals surface area contributed by atoms with Crippen LogP contribution in [0.2, 0.25) is 15.1 Å². The monoisotopic (exact) mass is 467 g/mol. The summed E-state index contributed by atoms with van der Waals surface area (Å²) in [5.41, 5.74) is 0.545. The Kier molecular flexibility index (Phi) is 5.38. The van der Waals surface area contributed by atoms with E-state index in [0.29, 0.717) is 25.6 Å². The minimum atomic E-state index is -3.82. The van der Waals surface area contributed by atoms with Crippen LogP contribution in [-0.2, 0) is 10.0 Å². The second-order valence-corrected chi connectivity index (χ2v) is 10.2. The van der Waals surface area contributed by atoms with Crippen molar-refractivity contribution in [1.29, 1.82) is 0 Å². The van der Waals surface area contributed by atoms with Crippen molar-refractivity contribution in [2.24, 2.45) is 0 Å². The van der Waals surface area contributed by atoms with E-state index in [1.165, 1.54) is 15.7 Å². The zero-order valence-corrected chi connectivity index (χ0v) is 18.0. The molecule has 0 bridgehead atoms. The van der Waals surface area contributed by atoms with E-state index in [0.717, 1.165) is 10.3 Å². The molecule has 142 valence electrons. The van der Waals surface area contributed by atoms with Crippen LogP contribution in [0.3, 0.4) is 0 Å². The van der Waals surface area contributed by atoms with Crippen molar-refractivity contribution in [2.45, 2.75) is 14.8 Å². The molecule has 0 fully saturated rings. The maximum Gasteiger partial charge on any atom is 0.269 e. The Morgan fingerprint density at radius 1 is 0.750 bits per heavy atom. The minimum absolute atomic E-state index is 0.202. The van der Waals surface area contributed by atoms with Crippen molar-refractivity contribution in [1.82, 2.24) is 3.97 Å². The SMILES string of the molecule is O=S(=O)(c1ccccc1)n1c(Sc2cc(Cl)cc(Cl)c2)cc2cc(Cl)ccc21. The van der Waals surface area contributed by atoms with Gasteiger partial charge in [-0.1, -0.05) is 64.8 Å². The van der Waals surface area contributed by atoms with E-state index in [4.69, 9.17) is 34.8 Å². The van der Waals surface area contributed by atoms with Crippen LogP contribution in [0.25, 0.3) is 10.9 Å². The third kappa shape index (κ3) is 3.78. The second-order valence-electron chi connectivity index (χ2n) is 5.98. The van der Waals surface area contributed by atoms with Crippen LogP contribution in [0, 0.1) is 0 Å². The Balaban J connectivity index is 1.95. The summed E-state index contributed by atoms with van der Waals surface area (Å²) in [5, 5.41) is 2.73. The molecule has 0 spiro atoms. The molecule has 3 aromatic carbocycles. The molecule has 0 N–H and O–H groups in total. The minimum Gasteiger partial charge on any atom is -0.227 e. The van der Waals surface area contributed by atoms with Crippen LogP contribution in [-0.4, -0.2) is 12.4 Å². The zero-order valence-electron chi connectivity index (χ0n) is 14.1. The lowest BCUT2D eigenvalue weighted by molar-refractivity contribution is 0.585. The predicted molar refractivity (Wildman–Crippen MR) is 117 cm³/mol. The van der Waals surface area contributed by atoms with Crippen molar-refractivity contribution >= 4 is 67.5 Å². The van der Waals surface area contributed by atoms with Gasteiger partial charge in [0.15, 0.2) is 0 Å². The van der Waals surface area contributed by atoms with E-state index in [1.807, 2.05) is 0 Å². The molecule has 1 aromatic heterocycles. The Morgan fingerprint density at radius 3 is 2.11 bits per heavy atom. The summed E-state index contributed by atoms with van der Waals surface area (Å²) in [7, 11) is -3.82. The van der Waals surface area contributed by atoms with Gasteiger partial charge in [0.05, 0.1) is 15.4 Å². The molecule has 0 aliphatic rings. The first-order chi connectivity index (χ1) is 13.3. The summed E-state index contributed by atoms with van der Waals surface area (Å²) in [5.74, 6) is 0. The van der Waals surface area contributed by atoms with Crippen LogP contribution in [0.5, 0.6) is 0 Å². The van der Waals surface area contributed by atoms with E-state index in [-0.39, 0.29) is 4.90 Å². The van der Waals surface area contributed by atoms with Crippen molar-refractivity contribution < 1.29 is 8.42 Å². The molecule has 4 rings (SSSR count). The Hall–Kier alpha value is -1.63. The molecule has 0 saturated carbocycles. The molecule has 0 aliphatic carbocycles. The van der Waals surface area contributed by atoms with E-state index < -0.39 is 10.0 Å². The van der Waals surface area contributed by atoms with Crippen molar-refractivity contribution in [3.05, 3.63) is 87.9 Å². The number of benzene rings is 3. The number of halogens is 3. The molecule has 0 unspecified atom stereocenters. The fourth-order valence-corrected chi connectivity index (χ4v) is 6.51. The number of aromatic nitrogens is 1. The molecule has 0 radical (unpaired) electrons. The third-order valence-corrected chi connectivity index (χ3v) is 7.54. The average Bonchev–Trinajstić information content (AvgIpc) is 2.99. The summed E-state index contributed by atoms with van der Waals surface area (Å²) >= 11 is 19.6. The number of hydrogen-bond donors (Lipinski definition) is 0. The predicted octanol–water partition coefficient (Wildman–Crippen LogP) is 6.99. The van der Waals surface area contributed by atoms with Crippen LogP contribution in [0.1, 0.15) is 0 Å². The first-order valence-corrected chi connectivity index (χ1v) is 11.5. The fourth-order valence-electron chi connectivity index (χ4n) is 2.86. The Bertz CT molecular complexity index is 1270. The molecular formula is C20H12Cl3NO2S2. The molecule has 1 heterocycles. The number of hydrogen-bond acceptors (Lipinski definition) is 3. The quantitative estimate of drug-likeness (QED) is 0.324. The highest BCUT2D eigenvalue weighted by molar-refractivity contribution is 8.00. The molecule has 3 nitrogen and oxygen atoms in total. The summed E-state index contributed by atoms with van der Waals surface area (Å²) < 4.78 is 28.1. The van der Waals surface area contributed by atoms with Crippen molar-refractivity contribution in [3.63, 3.8) is 0 Å². The van der Waals surface area contributed by atoms with Gasteiger partial charge in [-0.25, -0.2) is 12.4 Å². The van der Waals surface area contributed by atoms with Gasteiger partial charge >= 0.3 is 0 Å². The van der Waals surface area contributed by atoms with Gasteiger partial charge in [0.25, 0.3) is 10.0 Å². The highest BCUT2D eigenvalue weighted by atomic mass is 35.5. The van der Waals surface area contributed by atoms with Gasteiger partial charge in [-0.05, 0) is 54.6 Å². The van der Waals surface area contributed by atoms with Crippen LogP contribution < -0.4 is 0 Å². The summed E-state index contributed by atoms with van der Waals surface area (Å²) in [6.07, 6.45) is 0. The van der Waals surface area contributed by atoms with Gasteiger partial charge < -0.3 is 0 Å². The molecule has 0 saturated heterocycles. The van der Waals surface area contributed by atoms with Gasteiger partial charge in [0, 0.05) is 25.3 Å². The average molecular weight is 469 g/mol. The number of nitrogens with zero attached hydrogens (tertiary/aromatic N) is 1. The fraction of sp³-hybridized carbons (Fsp3) is 0. The molecule has 4 aromatic rings. The van der Waals surface area contributed by atoms with Crippen LogP contribution >= 0.6 is 46.6 Å². The van der Waals surface area contributed by atoms with Gasteiger partial charge in [0.1, 0.15) is 0 Å². The zero-order chi connectivity index (χ0) is 19.9. The molecule has 0 aliphatic heterocycles. The standard InChI is InChI=1S/C20H12Cl3NO2S2/c21-14-6-7-19-13(8-14)9-20(27-17-11-15(22)10-16(23)12-17)24(19)28(25,26)18-4-2-1-3-5-18/h1-12H. The van der Waals surface area contributed by atoms with Crippen LogP contribution in [0.15, 0.2) is 87.6 Å². The summed E-state index contributed by atoms with van der Waals surface area (Å²) in [4.78, 5) is 0.935. The molecule has 0 atom stereocenters. The van der Waals surface area contributed by atoms with Crippen molar-refractivity contribution in [3.8, 4) is 0 Å². The van der Waals surface area contributed by atoms with Gasteiger partial charge in [0.2, 0.25) is 0 Å². The van der Waals surface area contributed by atoms with Gasteiger partial charge in [-0.3, -0.25) is 0 Å². The summed E-state index contributed by atoms with van der Waals surface area (Å²) in [6, 6.07) is 20.3. The highest BCUT2D eigenvalue weighted by Gasteiger charge is 2.23. The normalized spacial score (nSPS) is 11.8. The molecule has 28 heavy (non-hydrogen) atoms. The van der Waals surface area contributed by atoms with E-state index in [2.05, 4.69) is 0 Å². The summed E-state index contributed by atoms with van der Waals surface area (Å²) in [6.45, 7) is 0. The highest BCUT2D eigenvalue weighted by Crippen LogP contribution is 2.38. The Morgan fingerprint density at radius 2 is 1.43 bits per heavy atom. The largest absolute Gasteiger partial charge is 0.269 e. The molecule has 8 heteroatoms. The van der Waals surface area contributed by atoms with Crippen LogP contribution in [0.4, 0.5) is 0 Å². The van der Waals surface area contributed by atoms with Crippen molar-refractivity contribution in [2.75, 3.05) is 0 Å². The first kappa shape index (κ1) is 19.7. The lowest BCUT2D eigenvalue weighted by Gasteiger charge is -2.12. The van der Waals surface area contributed by atoms with Gasteiger partial charge in [-0.15, -0.1) is 0 Å². The van der Waals surface area contributed by atoms with E-state index in [9.17, 15) is 8.42 Å². The lowest BCUT2D eigenvalue weighted by atomic mass is 10.2. The maximum atomic E-state index is 13.4. The van der Waals surface area contributed by atoms with E-state index >= 15 is 0 Å². The maximum absolute atomic E-state index is 13.4. The Labute approximate surface area is 181 Å². The second kappa shape index (κ2) is 7.65. The molecule has 0 amide bonds. The first-order valence-electron chi connectivity index (χ1n) is 8.10. The number of fused-ring (bicyclic) bond motifs is 1. The van der Waals surface area contributed by atoms with Gasteiger partial charge in [-0.2, -0.15) is 0 Å². The smallest absolute Gasteiger partial charge is 0.227 e. The topological polar surface area (TPSA) is 39.1 Å². The van der Waals surface area contributed by atoms with E-state index in [1.54, 1.807) is 72.8 Å². The number of rotatable bonds is 4. The third-order valence-electron chi connectivity index (χ3n) is 4.03. The lowest BCUT2D eigenvalue weighted by Crippen LogP contribution is -2.13.